The molecule has 2 aromatic carbocycles. The molecule has 7 heteroatoms. The van der Waals surface area contributed by atoms with Gasteiger partial charge in [-0.15, -0.1) is 0 Å². The van der Waals surface area contributed by atoms with E-state index in [1.807, 2.05) is 19.1 Å². The van der Waals surface area contributed by atoms with Gasteiger partial charge in [0.15, 0.2) is 24.3 Å². The van der Waals surface area contributed by atoms with Crippen LogP contribution in [0.4, 0.5) is 4.39 Å². The Morgan fingerprint density at radius 3 is 2.36 bits per heavy atom. The van der Waals surface area contributed by atoms with Crippen LogP contribution in [0.5, 0.6) is 11.5 Å². The molecule has 0 unspecified atom stereocenters. The smallest absolute Gasteiger partial charge is 0.279 e. The first-order valence-corrected chi connectivity index (χ1v) is 7.65. The number of benzene rings is 2. The fourth-order valence-corrected chi connectivity index (χ4v) is 1.91. The summed E-state index contributed by atoms with van der Waals surface area (Å²) in [6.45, 7) is 3.04. The van der Waals surface area contributed by atoms with Crippen molar-refractivity contribution in [3.8, 4) is 11.5 Å². The highest BCUT2D eigenvalue weighted by Gasteiger charge is 2.17. The lowest BCUT2D eigenvalue weighted by molar-refractivity contribution is -0.133. The van der Waals surface area contributed by atoms with E-state index < -0.39 is 23.7 Å². The van der Waals surface area contributed by atoms with Gasteiger partial charge in [0, 0.05) is 0 Å². The number of carbonyl (C=O) groups excluding carboxylic acids is 2. The summed E-state index contributed by atoms with van der Waals surface area (Å²) < 4.78 is 24.1. The number of rotatable bonds is 6. The topological polar surface area (TPSA) is 76.7 Å². The van der Waals surface area contributed by atoms with E-state index in [1.54, 1.807) is 18.2 Å². The summed E-state index contributed by atoms with van der Waals surface area (Å²) in [4.78, 5) is 23.6. The van der Waals surface area contributed by atoms with Crippen LogP contribution in [0.25, 0.3) is 0 Å². The average molecular weight is 346 g/mol. The normalized spacial score (nSPS) is 11.3. The van der Waals surface area contributed by atoms with E-state index in [-0.39, 0.29) is 12.4 Å². The molecule has 2 N–H and O–H groups in total. The molecule has 0 aliphatic carbocycles. The van der Waals surface area contributed by atoms with Gasteiger partial charge in [-0.3, -0.25) is 20.4 Å². The van der Waals surface area contributed by atoms with Crippen LogP contribution >= 0.6 is 0 Å². The maximum atomic E-state index is 13.5. The fraction of sp³-hybridized carbons (Fsp3) is 0.222. The Bertz CT molecular complexity index is 751. The number of amides is 2. The van der Waals surface area contributed by atoms with E-state index in [0.29, 0.717) is 5.75 Å². The molecule has 0 aliphatic heterocycles. The standard InChI is InChI=1S/C18H19FN2O4/c1-12-7-3-5-9-15(12)24-11-17(22)20-21-18(23)13(2)25-16-10-6-4-8-14(16)19/h3-10,13H,11H2,1-2H3,(H,20,22)(H,21,23)/t13-/m1/s1. The van der Waals surface area contributed by atoms with Crippen LogP contribution in [-0.4, -0.2) is 24.5 Å². The van der Waals surface area contributed by atoms with Gasteiger partial charge in [-0.2, -0.15) is 0 Å². The summed E-state index contributed by atoms with van der Waals surface area (Å²) in [7, 11) is 0. The maximum absolute atomic E-state index is 13.5. The Kier molecular flexibility index (Phi) is 6.33. The first-order valence-electron chi connectivity index (χ1n) is 7.65. The molecule has 0 fully saturated rings. The monoisotopic (exact) mass is 346 g/mol. The third-order valence-corrected chi connectivity index (χ3v) is 3.29. The summed E-state index contributed by atoms with van der Waals surface area (Å²) >= 11 is 0. The van der Waals surface area contributed by atoms with Crippen LogP contribution in [0.3, 0.4) is 0 Å². The molecule has 1 atom stereocenters. The minimum atomic E-state index is -0.991. The third kappa shape index (κ3) is 5.49. The SMILES string of the molecule is Cc1ccccc1OCC(=O)NNC(=O)[C@@H](C)Oc1ccccc1F. The lowest BCUT2D eigenvalue weighted by Crippen LogP contribution is -2.48. The van der Waals surface area contributed by atoms with Gasteiger partial charge in [0.1, 0.15) is 5.75 Å². The van der Waals surface area contributed by atoms with E-state index in [1.165, 1.54) is 25.1 Å². The zero-order valence-electron chi connectivity index (χ0n) is 13.9. The molecule has 0 saturated heterocycles. The molecule has 0 bridgehead atoms. The van der Waals surface area contributed by atoms with Crippen molar-refractivity contribution in [2.75, 3.05) is 6.61 Å². The number of hydrogen-bond donors (Lipinski definition) is 2. The van der Waals surface area contributed by atoms with Crippen molar-refractivity contribution < 1.29 is 23.5 Å². The highest BCUT2D eigenvalue weighted by atomic mass is 19.1. The van der Waals surface area contributed by atoms with Crippen molar-refractivity contribution in [1.29, 1.82) is 0 Å². The Balaban J connectivity index is 1.76. The molecule has 0 aromatic heterocycles. The lowest BCUT2D eigenvalue weighted by atomic mass is 10.2. The third-order valence-electron chi connectivity index (χ3n) is 3.29. The van der Waals surface area contributed by atoms with E-state index in [2.05, 4.69) is 10.9 Å². The fourth-order valence-electron chi connectivity index (χ4n) is 1.91. The molecule has 2 amide bonds. The van der Waals surface area contributed by atoms with Crippen LogP contribution in [-0.2, 0) is 9.59 Å². The molecule has 0 spiro atoms. The summed E-state index contributed by atoms with van der Waals surface area (Å²) in [5.41, 5.74) is 5.32. The van der Waals surface area contributed by atoms with E-state index >= 15 is 0 Å². The van der Waals surface area contributed by atoms with Gasteiger partial charge in [-0.05, 0) is 37.6 Å². The number of halogens is 1. The second-order valence-corrected chi connectivity index (χ2v) is 5.28. The molecule has 2 rings (SSSR count). The molecule has 2 aromatic rings. The van der Waals surface area contributed by atoms with E-state index in [0.717, 1.165) is 5.56 Å². The predicted molar refractivity (Wildman–Crippen MR) is 89.4 cm³/mol. The quantitative estimate of drug-likeness (QED) is 0.786. The van der Waals surface area contributed by atoms with Crippen molar-refractivity contribution in [1.82, 2.24) is 10.9 Å². The molecule has 132 valence electrons. The number of hydrogen-bond acceptors (Lipinski definition) is 4. The number of hydrazine groups is 1. The summed E-state index contributed by atoms with van der Waals surface area (Å²) in [6.07, 6.45) is -0.991. The molecular formula is C18H19FN2O4. The van der Waals surface area contributed by atoms with Crippen molar-refractivity contribution >= 4 is 11.8 Å². The second-order valence-electron chi connectivity index (χ2n) is 5.28. The number of aryl methyl sites for hydroxylation is 1. The van der Waals surface area contributed by atoms with E-state index in [9.17, 15) is 14.0 Å². The summed E-state index contributed by atoms with van der Waals surface area (Å²) in [5.74, 6) is -1.18. The molecule has 6 nitrogen and oxygen atoms in total. The zero-order valence-corrected chi connectivity index (χ0v) is 13.9. The zero-order chi connectivity index (χ0) is 18.2. The van der Waals surface area contributed by atoms with Gasteiger partial charge < -0.3 is 9.47 Å². The first-order chi connectivity index (χ1) is 12.0. The van der Waals surface area contributed by atoms with Crippen LogP contribution in [0.15, 0.2) is 48.5 Å². The molecule has 0 saturated carbocycles. The first kappa shape index (κ1) is 18.3. The van der Waals surface area contributed by atoms with Gasteiger partial charge in [-0.25, -0.2) is 4.39 Å². The number of ether oxygens (including phenoxy) is 2. The molecule has 0 heterocycles. The van der Waals surface area contributed by atoms with Gasteiger partial charge in [0.25, 0.3) is 11.8 Å². The lowest BCUT2D eigenvalue weighted by Gasteiger charge is -2.15. The number of carbonyl (C=O) groups is 2. The number of nitrogens with one attached hydrogen (secondary N) is 2. The van der Waals surface area contributed by atoms with Crippen LogP contribution < -0.4 is 20.3 Å². The Hall–Kier alpha value is -3.09. The van der Waals surface area contributed by atoms with Crippen LogP contribution in [0.1, 0.15) is 12.5 Å². The highest BCUT2D eigenvalue weighted by molar-refractivity contribution is 5.85. The van der Waals surface area contributed by atoms with Gasteiger partial charge in [-0.1, -0.05) is 30.3 Å². The average Bonchev–Trinajstić information content (AvgIpc) is 2.60. The minimum Gasteiger partial charge on any atom is -0.483 e. The molecule has 0 aliphatic rings. The molecule has 0 radical (unpaired) electrons. The van der Waals surface area contributed by atoms with Gasteiger partial charge in [0.05, 0.1) is 0 Å². The van der Waals surface area contributed by atoms with Gasteiger partial charge in [0.2, 0.25) is 0 Å². The molecular weight excluding hydrogens is 327 g/mol. The second kappa shape index (κ2) is 8.68. The minimum absolute atomic E-state index is 0.0423. The van der Waals surface area contributed by atoms with Crippen molar-refractivity contribution in [3.63, 3.8) is 0 Å². The van der Waals surface area contributed by atoms with Gasteiger partial charge >= 0.3 is 0 Å². The Morgan fingerprint density at radius 1 is 1.04 bits per heavy atom. The summed E-state index contributed by atoms with van der Waals surface area (Å²) in [6, 6.07) is 13.0. The largest absolute Gasteiger partial charge is 0.483 e. The molecule has 25 heavy (non-hydrogen) atoms. The summed E-state index contributed by atoms with van der Waals surface area (Å²) in [5, 5.41) is 0. The van der Waals surface area contributed by atoms with Crippen molar-refractivity contribution in [2.24, 2.45) is 0 Å². The highest BCUT2D eigenvalue weighted by Crippen LogP contribution is 2.17. The maximum Gasteiger partial charge on any atom is 0.279 e. The van der Waals surface area contributed by atoms with Crippen molar-refractivity contribution in [2.45, 2.75) is 20.0 Å². The van der Waals surface area contributed by atoms with Crippen LogP contribution in [0, 0.1) is 12.7 Å². The Labute approximate surface area is 144 Å². The Morgan fingerprint density at radius 2 is 1.68 bits per heavy atom. The van der Waals surface area contributed by atoms with E-state index in [4.69, 9.17) is 9.47 Å². The predicted octanol–water partition coefficient (Wildman–Crippen LogP) is 2.13. The van der Waals surface area contributed by atoms with Crippen molar-refractivity contribution in [3.05, 3.63) is 59.9 Å². The van der Waals surface area contributed by atoms with Crippen LogP contribution in [0.2, 0.25) is 0 Å². The number of para-hydroxylation sites is 2.